The van der Waals surface area contributed by atoms with Crippen LogP contribution < -0.4 is 5.56 Å². The molecule has 0 unspecified atom stereocenters. The van der Waals surface area contributed by atoms with Crippen LogP contribution in [-0.2, 0) is 6.42 Å². The average molecular weight is 399 g/mol. The molecule has 0 radical (unpaired) electrons. The lowest BCUT2D eigenvalue weighted by atomic mass is 9.98. The van der Waals surface area contributed by atoms with Gasteiger partial charge in [0.05, 0.1) is 0 Å². The molecule has 0 saturated carbocycles. The molecule has 0 bridgehead atoms. The van der Waals surface area contributed by atoms with Gasteiger partial charge in [0.2, 0.25) is 0 Å². The largest absolute Gasteiger partial charge is 0.361 e. The third-order valence-electron chi connectivity index (χ3n) is 6.18. The molecule has 5 nitrogen and oxygen atoms in total. The predicted molar refractivity (Wildman–Crippen MR) is 122 cm³/mol. The monoisotopic (exact) mass is 398 g/mol. The second-order valence-corrected chi connectivity index (χ2v) is 8.19. The van der Waals surface area contributed by atoms with Crippen molar-refractivity contribution in [1.29, 1.82) is 0 Å². The summed E-state index contributed by atoms with van der Waals surface area (Å²) in [5, 5.41) is 1.29. The molecule has 0 saturated heterocycles. The zero-order valence-corrected chi connectivity index (χ0v) is 17.5. The normalized spacial score (nSPS) is 15.1. The Morgan fingerprint density at radius 1 is 1.13 bits per heavy atom. The molecule has 0 spiro atoms. The van der Waals surface area contributed by atoms with Crippen molar-refractivity contribution in [2.45, 2.75) is 26.7 Å². The summed E-state index contributed by atoms with van der Waals surface area (Å²) in [6.45, 7) is 6.73. The molecule has 1 aliphatic heterocycles. The molecule has 1 aliphatic rings. The van der Waals surface area contributed by atoms with Crippen LogP contribution in [0.5, 0.6) is 0 Å². The van der Waals surface area contributed by atoms with E-state index in [-0.39, 0.29) is 5.56 Å². The number of fused-ring (bicyclic) bond motifs is 2. The van der Waals surface area contributed by atoms with E-state index in [1.165, 1.54) is 22.0 Å². The molecule has 5 heteroatoms. The number of benzene rings is 1. The third kappa shape index (κ3) is 3.35. The van der Waals surface area contributed by atoms with Crippen molar-refractivity contribution in [2.24, 2.45) is 0 Å². The van der Waals surface area contributed by atoms with E-state index >= 15 is 0 Å². The number of hydrogen-bond acceptors (Lipinski definition) is 3. The van der Waals surface area contributed by atoms with Gasteiger partial charge in [-0.1, -0.05) is 30.3 Å². The molecule has 1 aromatic carbocycles. The SMILES string of the molecule is Cc1ccc2nc(C)c(CCN3CC=C(c4c[nH]c5ccccc45)CC3)c(=O)n2c1. The summed E-state index contributed by atoms with van der Waals surface area (Å²) >= 11 is 0. The topological polar surface area (TPSA) is 53.4 Å². The van der Waals surface area contributed by atoms with E-state index in [0.717, 1.165) is 54.9 Å². The van der Waals surface area contributed by atoms with E-state index in [0.29, 0.717) is 0 Å². The minimum atomic E-state index is 0.0632. The number of aromatic nitrogens is 3. The Kier molecular flexibility index (Phi) is 4.75. The fourth-order valence-electron chi connectivity index (χ4n) is 4.45. The van der Waals surface area contributed by atoms with Gasteiger partial charge in [0, 0.05) is 59.8 Å². The quantitative estimate of drug-likeness (QED) is 0.563. The van der Waals surface area contributed by atoms with Crippen molar-refractivity contribution in [3.05, 3.63) is 87.6 Å². The van der Waals surface area contributed by atoms with Gasteiger partial charge in [-0.2, -0.15) is 0 Å². The Morgan fingerprint density at radius 3 is 2.83 bits per heavy atom. The Morgan fingerprint density at radius 2 is 2.00 bits per heavy atom. The van der Waals surface area contributed by atoms with E-state index < -0.39 is 0 Å². The summed E-state index contributed by atoms with van der Waals surface area (Å²) in [6.07, 6.45) is 8.09. The number of H-pyrrole nitrogens is 1. The summed E-state index contributed by atoms with van der Waals surface area (Å²) in [7, 11) is 0. The second kappa shape index (κ2) is 7.58. The van der Waals surface area contributed by atoms with E-state index in [1.54, 1.807) is 4.40 Å². The van der Waals surface area contributed by atoms with Crippen LogP contribution in [0, 0.1) is 13.8 Å². The first-order valence-corrected chi connectivity index (χ1v) is 10.6. The van der Waals surface area contributed by atoms with Crippen molar-refractivity contribution in [3.63, 3.8) is 0 Å². The van der Waals surface area contributed by atoms with Gasteiger partial charge in [-0.25, -0.2) is 4.98 Å². The van der Waals surface area contributed by atoms with Crippen LogP contribution in [0.3, 0.4) is 0 Å². The highest BCUT2D eigenvalue weighted by Crippen LogP contribution is 2.29. The molecule has 4 heterocycles. The maximum Gasteiger partial charge on any atom is 0.261 e. The molecule has 152 valence electrons. The highest BCUT2D eigenvalue weighted by atomic mass is 16.1. The lowest BCUT2D eigenvalue weighted by Crippen LogP contribution is -2.32. The number of hydrogen-bond donors (Lipinski definition) is 1. The highest BCUT2D eigenvalue weighted by Gasteiger charge is 2.17. The van der Waals surface area contributed by atoms with E-state index in [1.807, 2.05) is 32.2 Å². The van der Waals surface area contributed by atoms with E-state index in [2.05, 4.69) is 51.4 Å². The van der Waals surface area contributed by atoms with Gasteiger partial charge >= 0.3 is 0 Å². The Hall–Kier alpha value is -3.18. The fraction of sp³-hybridized carbons (Fsp3) is 0.280. The standard InChI is InChI=1S/C25H26N4O/c1-17-7-8-24-27-18(2)20(25(30)29(24)16-17)11-14-28-12-9-19(10-13-28)22-15-26-23-6-4-3-5-21(22)23/h3-9,15-16,26H,10-14H2,1-2H3. The number of nitrogens with one attached hydrogen (secondary N) is 1. The molecule has 3 aromatic heterocycles. The average Bonchev–Trinajstić information content (AvgIpc) is 3.19. The van der Waals surface area contributed by atoms with Crippen LogP contribution in [0.4, 0.5) is 0 Å². The molecule has 0 aliphatic carbocycles. The number of rotatable bonds is 4. The molecule has 5 rings (SSSR count). The maximum absolute atomic E-state index is 13.0. The molecular weight excluding hydrogens is 372 g/mol. The van der Waals surface area contributed by atoms with Gasteiger partial charge in [-0.3, -0.25) is 14.1 Å². The van der Waals surface area contributed by atoms with Crippen LogP contribution in [0.25, 0.3) is 22.1 Å². The number of aryl methyl sites for hydroxylation is 2. The Balaban J connectivity index is 1.32. The molecule has 4 aromatic rings. The van der Waals surface area contributed by atoms with Crippen molar-refractivity contribution < 1.29 is 0 Å². The number of aromatic amines is 1. The van der Waals surface area contributed by atoms with Crippen molar-refractivity contribution in [3.8, 4) is 0 Å². The second-order valence-electron chi connectivity index (χ2n) is 8.19. The van der Waals surface area contributed by atoms with Crippen LogP contribution in [0.15, 0.2) is 59.7 Å². The van der Waals surface area contributed by atoms with E-state index in [9.17, 15) is 4.79 Å². The fourth-order valence-corrected chi connectivity index (χ4v) is 4.45. The van der Waals surface area contributed by atoms with Gasteiger partial charge in [-0.15, -0.1) is 0 Å². The zero-order valence-electron chi connectivity index (χ0n) is 17.5. The Bertz CT molecular complexity index is 1330. The van der Waals surface area contributed by atoms with E-state index in [4.69, 9.17) is 0 Å². The smallest absolute Gasteiger partial charge is 0.261 e. The van der Waals surface area contributed by atoms with Crippen LogP contribution in [-0.4, -0.2) is 38.9 Å². The summed E-state index contributed by atoms with van der Waals surface area (Å²) in [5.41, 5.74) is 7.42. The first kappa shape index (κ1) is 18.8. The summed E-state index contributed by atoms with van der Waals surface area (Å²) in [5.74, 6) is 0. The van der Waals surface area contributed by atoms with Crippen LogP contribution >= 0.6 is 0 Å². The third-order valence-corrected chi connectivity index (χ3v) is 6.18. The van der Waals surface area contributed by atoms with Crippen LogP contribution in [0.1, 0.15) is 28.8 Å². The summed E-state index contributed by atoms with van der Waals surface area (Å²) < 4.78 is 1.68. The zero-order chi connectivity index (χ0) is 20.7. The molecule has 0 atom stereocenters. The minimum absolute atomic E-state index is 0.0632. The highest BCUT2D eigenvalue weighted by molar-refractivity contribution is 5.92. The van der Waals surface area contributed by atoms with Gasteiger partial charge in [0.1, 0.15) is 5.65 Å². The van der Waals surface area contributed by atoms with Crippen LogP contribution in [0.2, 0.25) is 0 Å². The predicted octanol–water partition coefficient (Wildman–Crippen LogP) is 4.12. The summed E-state index contributed by atoms with van der Waals surface area (Å²) in [6, 6.07) is 12.4. The molecule has 1 N–H and O–H groups in total. The lowest BCUT2D eigenvalue weighted by Gasteiger charge is -2.26. The maximum atomic E-state index is 13.0. The molecular formula is C25H26N4O. The van der Waals surface area contributed by atoms with Gasteiger partial charge in [-0.05, 0) is 50.0 Å². The minimum Gasteiger partial charge on any atom is -0.361 e. The van der Waals surface area contributed by atoms with Crippen molar-refractivity contribution in [2.75, 3.05) is 19.6 Å². The number of nitrogens with zero attached hydrogens (tertiary/aromatic N) is 3. The first-order chi connectivity index (χ1) is 14.6. The van der Waals surface area contributed by atoms with Gasteiger partial charge in [0.15, 0.2) is 0 Å². The first-order valence-electron chi connectivity index (χ1n) is 10.6. The Labute approximate surface area is 175 Å². The van der Waals surface area contributed by atoms with Crippen molar-refractivity contribution in [1.82, 2.24) is 19.3 Å². The summed E-state index contributed by atoms with van der Waals surface area (Å²) in [4.78, 5) is 23.4. The van der Waals surface area contributed by atoms with Gasteiger partial charge < -0.3 is 4.98 Å². The molecule has 0 amide bonds. The van der Waals surface area contributed by atoms with Gasteiger partial charge in [0.25, 0.3) is 5.56 Å². The number of pyridine rings is 1. The lowest BCUT2D eigenvalue weighted by molar-refractivity contribution is 0.305. The molecule has 0 fully saturated rings. The van der Waals surface area contributed by atoms with Crippen molar-refractivity contribution >= 4 is 22.1 Å². The molecule has 30 heavy (non-hydrogen) atoms. The number of para-hydroxylation sites is 1.